The molecule has 1 aromatic heterocycles. The number of anilines is 1. The number of hydrogen-bond acceptors (Lipinski definition) is 4. The van der Waals surface area contributed by atoms with Crippen LogP contribution in [0.15, 0.2) is 42.6 Å². The zero-order valence-electron chi connectivity index (χ0n) is 12.7. The molecule has 1 N–H and O–H groups in total. The van der Waals surface area contributed by atoms with Gasteiger partial charge in [-0.05, 0) is 18.2 Å². The molecule has 120 valence electrons. The highest BCUT2D eigenvalue weighted by molar-refractivity contribution is 5.98. The van der Waals surface area contributed by atoms with Gasteiger partial charge >= 0.3 is 0 Å². The maximum Gasteiger partial charge on any atom is 0.255 e. The van der Waals surface area contributed by atoms with Crippen LogP contribution in [0.25, 0.3) is 0 Å². The predicted octanol–water partition coefficient (Wildman–Crippen LogP) is 1.99. The molecule has 0 aliphatic carbocycles. The summed E-state index contributed by atoms with van der Waals surface area (Å²) in [6.07, 6.45) is 1.67. The third kappa shape index (κ3) is 3.65. The number of ether oxygens (including phenoxy) is 1. The number of benzene rings is 1. The molecule has 3 rings (SSSR count). The van der Waals surface area contributed by atoms with Crippen molar-refractivity contribution in [2.75, 3.05) is 31.2 Å². The van der Waals surface area contributed by atoms with Crippen molar-refractivity contribution in [1.29, 1.82) is 0 Å². The first kappa shape index (κ1) is 15.4. The molecule has 1 aliphatic rings. The second-order valence-corrected chi connectivity index (χ2v) is 5.25. The van der Waals surface area contributed by atoms with Gasteiger partial charge in [0.2, 0.25) is 0 Å². The molecule has 0 spiro atoms. The number of amides is 1. The largest absolute Gasteiger partial charge is 0.378 e. The Labute approximate surface area is 134 Å². The molecule has 2 aromatic rings. The van der Waals surface area contributed by atoms with Crippen molar-refractivity contribution in [3.63, 3.8) is 0 Å². The molecule has 1 aliphatic heterocycles. The van der Waals surface area contributed by atoms with Gasteiger partial charge in [-0.25, -0.2) is 9.37 Å². The monoisotopic (exact) mass is 315 g/mol. The number of carbonyl (C=O) groups excluding carboxylic acids is 1. The summed E-state index contributed by atoms with van der Waals surface area (Å²) in [5.41, 5.74) is 0.948. The van der Waals surface area contributed by atoms with E-state index in [4.69, 9.17) is 4.74 Å². The molecule has 1 aromatic carbocycles. The molecule has 2 heterocycles. The van der Waals surface area contributed by atoms with E-state index in [1.807, 2.05) is 4.90 Å². The fourth-order valence-electron chi connectivity index (χ4n) is 2.51. The van der Waals surface area contributed by atoms with Gasteiger partial charge in [-0.3, -0.25) is 4.79 Å². The highest BCUT2D eigenvalue weighted by atomic mass is 19.1. The van der Waals surface area contributed by atoms with Crippen molar-refractivity contribution in [3.8, 4) is 0 Å². The summed E-state index contributed by atoms with van der Waals surface area (Å²) in [4.78, 5) is 18.8. The van der Waals surface area contributed by atoms with Crippen LogP contribution >= 0.6 is 0 Å². The van der Waals surface area contributed by atoms with E-state index >= 15 is 0 Å². The predicted molar refractivity (Wildman–Crippen MR) is 84.8 cm³/mol. The van der Waals surface area contributed by atoms with E-state index in [0.717, 1.165) is 0 Å². The van der Waals surface area contributed by atoms with Crippen molar-refractivity contribution < 1.29 is 13.9 Å². The Morgan fingerprint density at radius 2 is 2.00 bits per heavy atom. The van der Waals surface area contributed by atoms with E-state index in [2.05, 4.69) is 10.3 Å². The third-order valence-electron chi connectivity index (χ3n) is 3.74. The molecule has 1 fully saturated rings. The first-order valence-electron chi connectivity index (χ1n) is 7.55. The van der Waals surface area contributed by atoms with Crippen LogP contribution in [0, 0.1) is 5.82 Å². The fraction of sp³-hybridized carbons (Fsp3) is 0.294. The molecular formula is C17H18FN3O2. The van der Waals surface area contributed by atoms with Gasteiger partial charge in [-0.15, -0.1) is 0 Å². The molecule has 0 unspecified atom stereocenters. The lowest BCUT2D eigenvalue weighted by Crippen LogP contribution is -2.38. The minimum Gasteiger partial charge on any atom is -0.378 e. The summed E-state index contributed by atoms with van der Waals surface area (Å²) in [7, 11) is 0. The van der Waals surface area contributed by atoms with Crippen LogP contribution in [0.1, 0.15) is 15.9 Å². The molecule has 0 atom stereocenters. The first-order valence-corrected chi connectivity index (χ1v) is 7.55. The minimum atomic E-state index is -0.326. The normalized spacial score (nSPS) is 14.6. The Balaban J connectivity index is 1.73. The Bertz CT molecular complexity index is 687. The smallest absolute Gasteiger partial charge is 0.255 e. The summed E-state index contributed by atoms with van der Waals surface area (Å²) >= 11 is 0. The van der Waals surface area contributed by atoms with Crippen LogP contribution in [0.5, 0.6) is 0 Å². The second kappa shape index (κ2) is 7.19. The summed E-state index contributed by atoms with van der Waals surface area (Å²) in [6, 6.07) is 9.86. The maximum atomic E-state index is 13.6. The van der Waals surface area contributed by atoms with Gasteiger partial charge in [0.1, 0.15) is 11.6 Å². The number of halogens is 1. The quantitative estimate of drug-likeness (QED) is 0.937. The van der Waals surface area contributed by atoms with E-state index in [-0.39, 0.29) is 18.3 Å². The van der Waals surface area contributed by atoms with Crippen LogP contribution in [0.3, 0.4) is 0 Å². The number of nitrogens with zero attached hydrogens (tertiary/aromatic N) is 2. The van der Waals surface area contributed by atoms with Crippen molar-refractivity contribution in [2.24, 2.45) is 0 Å². The maximum absolute atomic E-state index is 13.6. The molecule has 0 bridgehead atoms. The molecule has 1 saturated heterocycles. The van der Waals surface area contributed by atoms with Crippen LogP contribution < -0.4 is 10.2 Å². The van der Waals surface area contributed by atoms with Crippen LogP contribution in [-0.4, -0.2) is 37.2 Å². The van der Waals surface area contributed by atoms with Crippen LogP contribution in [0.4, 0.5) is 10.2 Å². The van der Waals surface area contributed by atoms with Gasteiger partial charge in [0.15, 0.2) is 0 Å². The minimum absolute atomic E-state index is 0.142. The highest BCUT2D eigenvalue weighted by Crippen LogP contribution is 2.18. The third-order valence-corrected chi connectivity index (χ3v) is 3.74. The average molecular weight is 315 g/mol. The Kier molecular flexibility index (Phi) is 4.83. The molecule has 0 saturated carbocycles. The van der Waals surface area contributed by atoms with Crippen LogP contribution in [0.2, 0.25) is 0 Å². The van der Waals surface area contributed by atoms with E-state index < -0.39 is 0 Å². The number of nitrogens with one attached hydrogen (secondary N) is 1. The lowest BCUT2D eigenvalue weighted by molar-refractivity contribution is 0.0948. The number of hydrogen-bond donors (Lipinski definition) is 1. The zero-order valence-corrected chi connectivity index (χ0v) is 12.7. The van der Waals surface area contributed by atoms with Gasteiger partial charge in [0, 0.05) is 31.4 Å². The lowest BCUT2D eigenvalue weighted by Gasteiger charge is -2.29. The van der Waals surface area contributed by atoms with Gasteiger partial charge in [-0.1, -0.05) is 18.2 Å². The number of aromatic nitrogens is 1. The van der Waals surface area contributed by atoms with Gasteiger partial charge in [0.05, 0.1) is 18.8 Å². The highest BCUT2D eigenvalue weighted by Gasteiger charge is 2.19. The molecule has 23 heavy (non-hydrogen) atoms. The molecule has 5 nitrogen and oxygen atoms in total. The van der Waals surface area contributed by atoms with E-state index in [0.29, 0.717) is 43.2 Å². The van der Waals surface area contributed by atoms with Crippen LogP contribution in [-0.2, 0) is 11.3 Å². The first-order chi connectivity index (χ1) is 11.3. The van der Waals surface area contributed by atoms with E-state index in [1.54, 1.807) is 36.5 Å². The summed E-state index contributed by atoms with van der Waals surface area (Å²) in [5.74, 6) is 0.0528. The molecule has 6 heteroatoms. The van der Waals surface area contributed by atoms with Crippen molar-refractivity contribution in [1.82, 2.24) is 10.3 Å². The SMILES string of the molecule is O=C(NCc1ccccc1F)c1cccnc1N1CCOCC1. The average Bonchev–Trinajstić information content (AvgIpc) is 2.61. The van der Waals surface area contributed by atoms with Crippen molar-refractivity contribution in [2.45, 2.75) is 6.54 Å². The summed E-state index contributed by atoms with van der Waals surface area (Å²) < 4.78 is 19.0. The number of carbonyl (C=O) groups is 1. The van der Waals surface area contributed by atoms with Gasteiger partial charge < -0.3 is 15.0 Å². The molecule has 1 amide bonds. The Hall–Kier alpha value is -2.47. The topological polar surface area (TPSA) is 54.5 Å². The Morgan fingerprint density at radius 1 is 1.22 bits per heavy atom. The number of pyridine rings is 1. The Morgan fingerprint density at radius 3 is 2.78 bits per heavy atom. The number of morpholine rings is 1. The van der Waals surface area contributed by atoms with E-state index in [9.17, 15) is 9.18 Å². The lowest BCUT2D eigenvalue weighted by atomic mass is 10.2. The summed E-state index contributed by atoms with van der Waals surface area (Å²) in [6.45, 7) is 2.78. The van der Waals surface area contributed by atoms with Crippen molar-refractivity contribution >= 4 is 11.7 Å². The van der Waals surface area contributed by atoms with Crippen molar-refractivity contribution in [3.05, 3.63) is 59.5 Å². The number of rotatable bonds is 4. The molecule has 0 radical (unpaired) electrons. The zero-order chi connectivity index (χ0) is 16.1. The van der Waals surface area contributed by atoms with E-state index in [1.165, 1.54) is 6.07 Å². The fourth-order valence-corrected chi connectivity index (χ4v) is 2.51. The summed E-state index contributed by atoms with van der Waals surface area (Å²) in [5, 5.41) is 2.76. The second-order valence-electron chi connectivity index (χ2n) is 5.25. The van der Waals surface area contributed by atoms with Gasteiger partial charge in [-0.2, -0.15) is 0 Å². The van der Waals surface area contributed by atoms with Gasteiger partial charge in [0.25, 0.3) is 5.91 Å². The standard InChI is InChI=1S/C17H18FN3O2/c18-15-6-2-1-4-13(15)12-20-17(22)14-5-3-7-19-16(14)21-8-10-23-11-9-21/h1-7H,8-12H2,(H,20,22). The molecular weight excluding hydrogens is 297 g/mol.